The van der Waals surface area contributed by atoms with Gasteiger partial charge in [-0.3, -0.25) is 9.69 Å². The van der Waals surface area contributed by atoms with Crippen molar-refractivity contribution in [1.29, 1.82) is 5.26 Å². The molecule has 0 radical (unpaired) electrons. The van der Waals surface area contributed by atoms with Crippen LogP contribution in [0.2, 0.25) is 0 Å². The molecule has 3 rings (SSSR count). The van der Waals surface area contributed by atoms with Crippen LogP contribution in [0.3, 0.4) is 0 Å². The van der Waals surface area contributed by atoms with Gasteiger partial charge in [-0.05, 0) is 43.4 Å². The van der Waals surface area contributed by atoms with Crippen LogP contribution in [0.1, 0.15) is 59.3 Å². The van der Waals surface area contributed by atoms with E-state index < -0.39 is 5.54 Å². The molecule has 132 valence electrons. The summed E-state index contributed by atoms with van der Waals surface area (Å²) in [6.07, 6.45) is 5.10. The third-order valence-corrected chi connectivity index (χ3v) is 5.52. The van der Waals surface area contributed by atoms with Gasteiger partial charge in [0.1, 0.15) is 5.54 Å². The van der Waals surface area contributed by atoms with Gasteiger partial charge in [-0.2, -0.15) is 5.26 Å². The third kappa shape index (κ3) is 3.27. The Morgan fingerprint density at radius 3 is 2.62 bits per heavy atom. The van der Waals surface area contributed by atoms with Gasteiger partial charge in [0.15, 0.2) is 0 Å². The van der Waals surface area contributed by atoms with Crippen LogP contribution in [0.4, 0.5) is 4.79 Å². The molecule has 1 saturated heterocycles. The number of nitrogens with one attached hydrogen (secondary N) is 1. The number of carbonyl (C=O) groups excluding carboxylic acids is 2. The lowest BCUT2D eigenvalue weighted by Gasteiger charge is -2.44. The van der Waals surface area contributed by atoms with Crippen molar-refractivity contribution in [2.75, 3.05) is 13.2 Å². The van der Waals surface area contributed by atoms with E-state index in [-0.39, 0.29) is 17.4 Å². The van der Waals surface area contributed by atoms with E-state index >= 15 is 0 Å². The SMILES string of the molecule is CC1CC(C)(C)CC2(C1)NC(=O)N(CN(CCC#N)C1CC1)C2=O. The van der Waals surface area contributed by atoms with E-state index in [1.54, 1.807) is 0 Å². The lowest BCUT2D eigenvalue weighted by atomic mass is 9.64. The molecule has 3 fully saturated rings. The summed E-state index contributed by atoms with van der Waals surface area (Å²) in [6.45, 7) is 7.45. The molecule has 0 bridgehead atoms. The number of rotatable bonds is 5. The van der Waals surface area contributed by atoms with Crippen LogP contribution in [-0.4, -0.2) is 46.5 Å². The molecule has 6 heteroatoms. The number of urea groups is 1. The van der Waals surface area contributed by atoms with Crippen LogP contribution in [0.25, 0.3) is 0 Å². The largest absolute Gasteiger partial charge is 0.326 e. The number of imide groups is 1. The summed E-state index contributed by atoms with van der Waals surface area (Å²) in [5.41, 5.74) is -0.684. The quantitative estimate of drug-likeness (QED) is 0.785. The summed E-state index contributed by atoms with van der Waals surface area (Å²) in [5, 5.41) is 11.9. The number of hydrogen-bond donors (Lipinski definition) is 1. The second-order valence-electron chi connectivity index (χ2n) is 8.69. The first-order valence-corrected chi connectivity index (χ1v) is 9.01. The molecule has 1 aliphatic heterocycles. The number of nitrogens with zero attached hydrogens (tertiary/aromatic N) is 3. The fraction of sp³-hybridized carbons (Fsp3) is 0.833. The topological polar surface area (TPSA) is 76.4 Å². The highest BCUT2D eigenvalue weighted by molar-refractivity contribution is 6.07. The van der Waals surface area contributed by atoms with Gasteiger partial charge < -0.3 is 5.32 Å². The fourth-order valence-corrected chi connectivity index (χ4v) is 4.82. The molecule has 1 heterocycles. The first-order valence-electron chi connectivity index (χ1n) is 9.01. The molecular formula is C18H28N4O2. The Morgan fingerprint density at radius 2 is 2.04 bits per heavy atom. The Morgan fingerprint density at radius 1 is 1.33 bits per heavy atom. The third-order valence-electron chi connectivity index (χ3n) is 5.52. The molecule has 2 atom stereocenters. The number of carbonyl (C=O) groups is 2. The van der Waals surface area contributed by atoms with Crippen LogP contribution in [0.15, 0.2) is 0 Å². The first kappa shape index (κ1) is 17.2. The molecule has 3 amide bonds. The van der Waals surface area contributed by atoms with Crippen molar-refractivity contribution in [3.8, 4) is 6.07 Å². The smallest absolute Gasteiger partial charge is 0.323 e. The zero-order chi connectivity index (χ0) is 17.5. The van der Waals surface area contributed by atoms with Crippen LogP contribution in [-0.2, 0) is 4.79 Å². The molecule has 2 aliphatic carbocycles. The van der Waals surface area contributed by atoms with Crippen LogP contribution < -0.4 is 5.32 Å². The standard InChI is InChI=1S/C18H28N4O2/c1-13-9-17(2,3)11-18(10-13)15(23)22(16(24)20-18)12-21(8-4-7-19)14-5-6-14/h13-14H,4-6,8-12H2,1-3H3,(H,20,24). The molecule has 2 unspecified atom stereocenters. The maximum Gasteiger partial charge on any atom is 0.326 e. The van der Waals surface area contributed by atoms with Gasteiger partial charge in [0, 0.05) is 19.0 Å². The highest BCUT2D eigenvalue weighted by Gasteiger charge is 2.56. The zero-order valence-electron chi connectivity index (χ0n) is 15.0. The van der Waals surface area contributed by atoms with E-state index in [2.05, 4.69) is 37.1 Å². The molecule has 3 aliphatic rings. The normalized spacial score (nSPS) is 32.3. The average molecular weight is 332 g/mol. The van der Waals surface area contributed by atoms with Crippen molar-refractivity contribution in [2.24, 2.45) is 11.3 Å². The summed E-state index contributed by atoms with van der Waals surface area (Å²) < 4.78 is 0. The van der Waals surface area contributed by atoms with Gasteiger partial charge >= 0.3 is 6.03 Å². The summed E-state index contributed by atoms with van der Waals surface area (Å²) in [5.74, 6) is 0.339. The Balaban J connectivity index is 1.75. The van der Waals surface area contributed by atoms with Gasteiger partial charge in [-0.1, -0.05) is 20.8 Å². The summed E-state index contributed by atoms with van der Waals surface area (Å²) >= 11 is 0. The zero-order valence-corrected chi connectivity index (χ0v) is 15.0. The van der Waals surface area contributed by atoms with Gasteiger partial charge in [0.05, 0.1) is 12.7 Å². The van der Waals surface area contributed by atoms with E-state index in [1.807, 2.05) is 0 Å². The number of nitriles is 1. The summed E-state index contributed by atoms with van der Waals surface area (Å²) in [7, 11) is 0. The van der Waals surface area contributed by atoms with Crippen LogP contribution >= 0.6 is 0 Å². The molecular weight excluding hydrogens is 304 g/mol. The van der Waals surface area contributed by atoms with E-state index in [1.165, 1.54) is 4.90 Å². The van der Waals surface area contributed by atoms with Crippen LogP contribution in [0.5, 0.6) is 0 Å². The van der Waals surface area contributed by atoms with E-state index in [0.717, 1.165) is 25.7 Å². The van der Waals surface area contributed by atoms with Gasteiger partial charge in [0.2, 0.25) is 0 Å². The van der Waals surface area contributed by atoms with Gasteiger partial charge in [0.25, 0.3) is 5.91 Å². The Bertz CT molecular complexity index is 578. The lowest BCUT2D eigenvalue weighted by Crippen LogP contribution is -2.54. The molecule has 0 aromatic heterocycles. The Labute approximate surface area is 144 Å². The van der Waals surface area contributed by atoms with Crippen molar-refractivity contribution in [2.45, 2.75) is 70.9 Å². The van der Waals surface area contributed by atoms with Crippen molar-refractivity contribution in [1.82, 2.24) is 15.1 Å². The predicted molar refractivity (Wildman–Crippen MR) is 89.7 cm³/mol. The Kier molecular flexibility index (Phi) is 4.33. The molecule has 0 aromatic rings. The van der Waals surface area contributed by atoms with Gasteiger partial charge in [-0.25, -0.2) is 9.69 Å². The fourth-order valence-electron chi connectivity index (χ4n) is 4.82. The van der Waals surface area contributed by atoms with Crippen molar-refractivity contribution >= 4 is 11.9 Å². The molecule has 24 heavy (non-hydrogen) atoms. The number of amides is 3. The highest BCUT2D eigenvalue weighted by Crippen LogP contribution is 2.46. The summed E-state index contributed by atoms with van der Waals surface area (Å²) in [6, 6.07) is 2.30. The molecule has 1 spiro atoms. The first-order chi connectivity index (χ1) is 11.3. The molecule has 1 N–H and O–H groups in total. The maximum atomic E-state index is 13.1. The average Bonchev–Trinajstić information content (AvgIpc) is 3.26. The molecule has 0 aromatic carbocycles. The highest BCUT2D eigenvalue weighted by atomic mass is 16.2. The van der Waals surface area contributed by atoms with Gasteiger partial charge in [-0.15, -0.1) is 0 Å². The van der Waals surface area contributed by atoms with Crippen molar-refractivity contribution in [3.05, 3.63) is 0 Å². The minimum absolute atomic E-state index is 0.0492. The van der Waals surface area contributed by atoms with Crippen molar-refractivity contribution in [3.63, 3.8) is 0 Å². The second kappa shape index (κ2) is 6.03. The minimum atomic E-state index is -0.733. The molecule has 6 nitrogen and oxygen atoms in total. The minimum Gasteiger partial charge on any atom is -0.323 e. The lowest BCUT2D eigenvalue weighted by molar-refractivity contribution is -0.136. The molecule has 2 saturated carbocycles. The predicted octanol–water partition coefficient (Wildman–Crippen LogP) is 2.46. The number of hydrogen-bond acceptors (Lipinski definition) is 4. The van der Waals surface area contributed by atoms with E-state index in [9.17, 15) is 9.59 Å². The van der Waals surface area contributed by atoms with E-state index in [0.29, 0.717) is 38.0 Å². The van der Waals surface area contributed by atoms with Crippen LogP contribution in [0, 0.1) is 22.7 Å². The van der Waals surface area contributed by atoms with E-state index in [4.69, 9.17) is 5.26 Å². The monoisotopic (exact) mass is 332 g/mol. The second-order valence-corrected chi connectivity index (χ2v) is 8.69. The van der Waals surface area contributed by atoms with Crippen molar-refractivity contribution < 1.29 is 9.59 Å². The maximum absolute atomic E-state index is 13.1. The Hall–Kier alpha value is -1.61. The summed E-state index contributed by atoms with van der Waals surface area (Å²) in [4.78, 5) is 29.1.